The molecule has 124 valence electrons. The first kappa shape index (κ1) is 15.1. The molecule has 0 atom stereocenters. The lowest BCUT2D eigenvalue weighted by atomic mass is 10.3. The summed E-state index contributed by atoms with van der Waals surface area (Å²) in [4.78, 5) is 12.2. The summed E-state index contributed by atoms with van der Waals surface area (Å²) in [5.41, 5.74) is 0.683. The highest BCUT2D eigenvalue weighted by Crippen LogP contribution is 2.26. The minimum atomic E-state index is -0.476. The van der Waals surface area contributed by atoms with E-state index in [1.165, 1.54) is 52.7 Å². The molecule has 0 aliphatic carbocycles. The molecule has 1 N–H and O–H groups in total. The molecule has 0 spiro atoms. The zero-order chi connectivity index (χ0) is 17.2. The summed E-state index contributed by atoms with van der Waals surface area (Å²) in [6.45, 7) is 0. The fourth-order valence-corrected chi connectivity index (χ4v) is 2.73. The molecule has 0 unspecified atom stereocenters. The van der Waals surface area contributed by atoms with E-state index in [2.05, 4.69) is 25.8 Å². The summed E-state index contributed by atoms with van der Waals surface area (Å²) in [6, 6.07) is 9.16. The number of anilines is 1. The van der Waals surface area contributed by atoms with Crippen LogP contribution in [0.1, 0.15) is 10.5 Å². The Bertz CT molecular complexity index is 1010. The molecule has 10 heteroatoms. The smallest absolute Gasteiger partial charge is 0.279 e. The quantitative estimate of drug-likeness (QED) is 0.604. The highest BCUT2D eigenvalue weighted by atomic mass is 32.1. The zero-order valence-electron chi connectivity index (χ0n) is 12.5. The van der Waals surface area contributed by atoms with Crippen molar-refractivity contribution in [1.29, 1.82) is 0 Å². The van der Waals surface area contributed by atoms with Crippen LogP contribution in [0.4, 0.5) is 9.52 Å². The second-order valence-corrected chi connectivity index (χ2v) is 5.85. The van der Waals surface area contributed by atoms with Crippen molar-refractivity contribution < 1.29 is 13.6 Å². The Hall–Kier alpha value is -3.40. The van der Waals surface area contributed by atoms with Gasteiger partial charge in [-0.3, -0.25) is 10.1 Å². The van der Waals surface area contributed by atoms with Gasteiger partial charge in [-0.05, 0) is 36.4 Å². The monoisotopic (exact) mass is 356 g/mol. The van der Waals surface area contributed by atoms with E-state index in [4.69, 9.17) is 4.42 Å². The van der Waals surface area contributed by atoms with Gasteiger partial charge in [-0.15, -0.1) is 15.3 Å². The van der Waals surface area contributed by atoms with Crippen LogP contribution in [0.15, 0.2) is 53.3 Å². The zero-order valence-corrected chi connectivity index (χ0v) is 13.3. The predicted octanol–water partition coefficient (Wildman–Crippen LogP) is 2.77. The van der Waals surface area contributed by atoms with Gasteiger partial charge >= 0.3 is 0 Å². The number of nitrogens with one attached hydrogen (secondary N) is 1. The van der Waals surface area contributed by atoms with Gasteiger partial charge in [0, 0.05) is 0 Å². The summed E-state index contributed by atoms with van der Waals surface area (Å²) >= 11 is 1.17. The summed E-state index contributed by atoms with van der Waals surface area (Å²) in [7, 11) is 0. The van der Waals surface area contributed by atoms with Gasteiger partial charge < -0.3 is 4.42 Å². The molecule has 25 heavy (non-hydrogen) atoms. The van der Waals surface area contributed by atoms with Crippen LogP contribution in [-0.4, -0.2) is 31.1 Å². The Labute approximate surface area is 143 Å². The van der Waals surface area contributed by atoms with Crippen LogP contribution in [0.5, 0.6) is 0 Å². The van der Waals surface area contributed by atoms with Gasteiger partial charge in [-0.2, -0.15) is 0 Å². The van der Waals surface area contributed by atoms with E-state index in [9.17, 15) is 9.18 Å². The number of rotatable bonds is 4. The Morgan fingerprint density at radius 3 is 2.76 bits per heavy atom. The van der Waals surface area contributed by atoms with Crippen LogP contribution in [0, 0.1) is 5.82 Å². The van der Waals surface area contributed by atoms with E-state index in [-0.39, 0.29) is 11.5 Å². The lowest BCUT2D eigenvalue weighted by molar-refractivity contribution is 0.102. The average Bonchev–Trinajstić information content (AvgIpc) is 3.36. The normalized spacial score (nSPS) is 10.8. The van der Waals surface area contributed by atoms with Crippen LogP contribution in [-0.2, 0) is 0 Å². The first-order valence-corrected chi connectivity index (χ1v) is 7.88. The number of carbonyl (C=O) groups is 1. The Balaban J connectivity index is 1.49. The molecule has 3 aromatic heterocycles. The lowest BCUT2D eigenvalue weighted by Crippen LogP contribution is -2.12. The van der Waals surface area contributed by atoms with Crippen molar-refractivity contribution in [3.63, 3.8) is 0 Å². The topological polar surface area (TPSA) is 98.7 Å². The van der Waals surface area contributed by atoms with E-state index >= 15 is 0 Å². The van der Waals surface area contributed by atoms with Crippen molar-refractivity contribution in [1.82, 2.24) is 25.2 Å². The molecule has 0 fully saturated rings. The summed E-state index contributed by atoms with van der Waals surface area (Å²) in [5, 5.41) is 19.0. The molecule has 4 rings (SSSR count). The maximum Gasteiger partial charge on any atom is 0.279 e. The predicted molar refractivity (Wildman–Crippen MR) is 86.9 cm³/mol. The van der Waals surface area contributed by atoms with E-state index < -0.39 is 5.91 Å². The van der Waals surface area contributed by atoms with E-state index in [1.54, 1.807) is 12.1 Å². The highest BCUT2D eigenvalue weighted by molar-refractivity contribution is 7.18. The van der Waals surface area contributed by atoms with Crippen LogP contribution in [0.3, 0.4) is 0 Å². The number of furan rings is 1. The molecule has 8 nitrogen and oxygen atoms in total. The standard InChI is InChI=1S/C15H9FN6O2S/c16-9-3-5-10(6-4-9)22-8-11(18-21-22)13(23)17-15-20-19-14(25-15)12-2-1-7-24-12/h1-8H,(H,17,20,23). The largest absolute Gasteiger partial charge is 0.462 e. The fourth-order valence-electron chi connectivity index (χ4n) is 2.02. The van der Waals surface area contributed by atoms with Crippen molar-refractivity contribution in [3.05, 3.63) is 60.4 Å². The van der Waals surface area contributed by atoms with Gasteiger partial charge in [0.2, 0.25) is 5.13 Å². The third kappa shape index (κ3) is 3.15. The van der Waals surface area contributed by atoms with Crippen molar-refractivity contribution >= 4 is 22.4 Å². The first-order chi connectivity index (χ1) is 12.2. The Kier molecular flexibility index (Phi) is 3.78. The summed E-state index contributed by atoms with van der Waals surface area (Å²) in [6.07, 6.45) is 2.97. The SMILES string of the molecule is O=C(Nc1nnc(-c2ccco2)s1)c1cn(-c2ccc(F)cc2)nn1. The van der Waals surface area contributed by atoms with Gasteiger partial charge in [-0.1, -0.05) is 16.6 Å². The molecular weight excluding hydrogens is 347 g/mol. The summed E-state index contributed by atoms with van der Waals surface area (Å²) < 4.78 is 19.6. The maximum atomic E-state index is 13.0. The average molecular weight is 356 g/mol. The van der Waals surface area contributed by atoms with E-state index in [0.29, 0.717) is 21.6 Å². The van der Waals surface area contributed by atoms with E-state index in [0.717, 1.165) is 0 Å². The molecule has 0 saturated heterocycles. The van der Waals surface area contributed by atoms with Crippen molar-refractivity contribution in [2.24, 2.45) is 0 Å². The number of nitrogens with zero attached hydrogens (tertiary/aromatic N) is 5. The molecule has 1 amide bonds. The fraction of sp³-hybridized carbons (Fsp3) is 0. The first-order valence-electron chi connectivity index (χ1n) is 7.06. The highest BCUT2D eigenvalue weighted by Gasteiger charge is 2.15. The van der Waals surface area contributed by atoms with Crippen molar-refractivity contribution in [2.75, 3.05) is 5.32 Å². The van der Waals surface area contributed by atoms with Crippen LogP contribution in [0.25, 0.3) is 16.5 Å². The number of halogens is 1. The third-order valence-electron chi connectivity index (χ3n) is 3.19. The van der Waals surface area contributed by atoms with Gasteiger partial charge in [-0.25, -0.2) is 9.07 Å². The van der Waals surface area contributed by atoms with Gasteiger partial charge in [0.15, 0.2) is 16.5 Å². The van der Waals surface area contributed by atoms with Gasteiger partial charge in [0.25, 0.3) is 5.91 Å². The minimum Gasteiger partial charge on any atom is -0.462 e. The Morgan fingerprint density at radius 1 is 1.16 bits per heavy atom. The number of benzene rings is 1. The minimum absolute atomic E-state index is 0.0964. The van der Waals surface area contributed by atoms with Crippen LogP contribution < -0.4 is 5.32 Å². The molecule has 0 aliphatic rings. The van der Waals surface area contributed by atoms with E-state index in [1.807, 2.05) is 0 Å². The van der Waals surface area contributed by atoms with Crippen molar-refractivity contribution in [2.45, 2.75) is 0 Å². The molecule has 4 aromatic rings. The second kappa shape index (κ2) is 6.24. The van der Waals surface area contributed by atoms with Crippen molar-refractivity contribution in [3.8, 4) is 16.5 Å². The molecule has 1 aromatic carbocycles. The number of aromatic nitrogens is 5. The number of amides is 1. The molecule has 3 heterocycles. The maximum absolute atomic E-state index is 13.0. The van der Waals surface area contributed by atoms with Gasteiger partial charge in [0.05, 0.1) is 18.1 Å². The third-order valence-corrected chi connectivity index (χ3v) is 4.05. The number of carbonyl (C=O) groups excluding carboxylic acids is 1. The lowest BCUT2D eigenvalue weighted by Gasteiger charge is -1.98. The van der Waals surface area contributed by atoms with Gasteiger partial charge in [0.1, 0.15) is 5.82 Å². The number of hydrogen-bond donors (Lipinski definition) is 1. The molecular formula is C15H9FN6O2S. The van der Waals surface area contributed by atoms with Crippen LogP contribution >= 0.6 is 11.3 Å². The number of hydrogen-bond acceptors (Lipinski definition) is 7. The second-order valence-electron chi connectivity index (χ2n) is 4.87. The summed E-state index contributed by atoms with van der Waals surface area (Å²) in [5.74, 6) is -0.263. The molecule has 0 saturated carbocycles. The molecule has 0 bridgehead atoms. The molecule has 0 radical (unpaired) electrons. The Morgan fingerprint density at radius 2 is 2.00 bits per heavy atom. The molecule has 0 aliphatic heterocycles. The van der Waals surface area contributed by atoms with Crippen LogP contribution in [0.2, 0.25) is 0 Å².